The number of hydrogen-bond donors (Lipinski definition) is 0. The minimum Gasteiger partial charge on any atom is -0.273 e. The van der Waals surface area contributed by atoms with Gasteiger partial charge in [-0.1, -0.05) is 18.2 Å². The molecule has 1 aromatic rings. The van der Waals surface area contributed by atoms with Crippen molar-refractivity contribution in [2.24, 2.45) is 5.10 Å². The molecule has 0 aliphatic carbocycles. The molecule has 0 aliphatic rings. The third-order valence-electron chi connectivity index (χ3n) is 1.53. The number of para-hydroxylation sites is 1. The summed E-state index contributed by atoms with van der Waals surface area (Å²) in [5.41, 5.74) is 0.785. The standard InChI is InChI=1S/C10H12N2O/c1-3-11-12(9(2)13)10-7-5-4-6-8-10/h3-8H,1-2H3/b11-3+. The van der Waals surface area contributed by atoms with Crippen LogP contribution in [-0.2, 0) is 4.79 Å². The molecule has 0 spiro atoms. The first-order chi connectivity index (χ1) is 6.25. The second-order valence-corrected chi connectivity index (χ2v) is 2.54. The molecule has 0 saturated carbocycles. The fourth-order valence-corrected chi connectivity index (χ4v) is 1.01. The molecule has 0 unspecified atom stereocenters. The maximum Gasteiger partial charge on any atom is 0.244 e. The summed E-state index contributed by atoms with van der Waals surface area (Å²) in [4.78, 5) is 11.1. The van der Waals surface area contributed by atoms with E-state index in [0.717, 1.165) is 5.69 Å². The summed E-state index contributed by atoms with van der Waals surface area (Å²) in [5, 5.41) is 5.31. The Morgan fingerprint density at radius 3 is 2.46 bits per heavy atom. The van der Waals surface area contributed by atoms with E-state index < -0.39 is 0 Å². The first-order valence-electron chi connectivity index (χ1n) is 4.10. The second-order valence-electron chi connectivity index (χ2n) is 2.54. The molecule has 0 saturated heterocycles. The van der Waals surface area contributed by atoms with Crippen LogP contribution in [0.3, 0.4) is 0 Å². The summed E-state index contributed by atoms with van der Waals surface area (Å²) < 4.78 is 0. The molecular weight excluding hydrogens is 164 g/mol. The zero-order valence-electron chi connectivity index (χ0n) is 7.77. The summed E-state index contributed by atoms with van der Waals surface area (Å²) in [6.07, 6.45) is 1.59. The van der Waals surface area contributed by atoms with Crippen molar-refractivity contribution < 1.29 is 4.79 Å². The summed E-state index contributed by atoms with van der Waals surface area (Å²) in [6, 6.07) is 9.33. The van der Waals surface area contributed by atoms with E-state index in [1.54, 1.807) is 13.1 Å². The SMILES string of the molecule is C/C=N/N(C(C)=O)c1ccccc1. The number of hydrazone groups is 1. The van der Waals surface area contributed by atoms with Crippen LogP contribution in [0.25, 0.3) is 0 Å². The van der Waals surface area contributed by atoms with Gasteiger partial charge in [-0.2, -0.15) is 5.10 Å². The second kappa shape index (κ2) is 4.40. The monoisotopic (exact) mass is 176 g/mol. The molecule has 1 aromatic carbocycles. The van der Waals surface area contributed by atoms with Gasteiger partial charge in [0.15, 0.2) is 0 Å². The van der Waals surface area contributed by atoms with Crippen molar-refractivity contribution in [1.29, 1.82) is 0 Å². The van der Waals surface area contributed by atoms with Gasteiger partial charge in [-0.15, -0.1) is 0 Å². The van der Waals surface area contributed by atoms with Gasteiger partial charge >= 0.3 is 0 Å². The highest BCUT2D eigenvalue weighted by Gasteiger charge is 2.07. The Bertz CT molecular complexity index is 306. The van der Waals surface area contributed by atoms with Gasteiger partial charge in [0.1, 0.15) is 0 Å². The maximum absolute atomic E-state index is 11.1. The van der Waals surface area contributed by atoms with Gasteiger partial charge in [-0.25, -0.2) is 5.01 Å². The third-order valence-corrected chi connectivity index (χ3v) is 1.53. The van der Waals surface area contributed by atoms with Crippen molar-refractivity contribution in [3.63, 3.8) is 0 Å². The minimum absolute atomic E-state index is 0.0932. The highest BCUT2D eigenvalue weighted by atomic mass is 16.2. The molecule has 13 heavy (non-hydrogen) atoms. The highest BCUT2D eigenvalue weighted by molar-refractivity contribution is 5.91. The molecule has 0 heterocycles. The van der Waals surface area contributed by atoms with Crippen LogP contribution in [-0.4, -0.2) is 12.1 Å². The van der Waals surface area contributed by atoms with Gasteiger partial charge in [0, 0.05) is 13.1 Å². The predicted molar refractivity (Wildman–Crippen MR) is 53.8 cm³/mol. The minimum atomic E-state index is -0.0932. The van der Waals surface area contributed by atoms with Gasteiger partial charge in [0.05, 0.1) is 5.69 Å². The largest absolute Gasteiger partial charge is 0.273 e. The molecule has 1 amide bonds. The number of carbonyl (C=O) groups is 1. The number of hydrogen-bond acceptors (Lipinski definition) is 2. The lowest BCUT2D eigenvalue weighted by atomic mass is 10.3. The molecule has 0 bridgehead atoms. The van der Waals surface area contributed by atoms with E-state index in [1.165, 1.54) is 11.9 Å². The van der Waals surface area contributed by atoms with E-state index in [4.69, 9.17) is 0 Å². The van der Waals surface area contributed by atoms with Crippen LogP contribution in [0, 0.1) is 0 Å². The molecule has 0 N–H and O–H groups in total. The first kappa shape index (κ1) is 9.45. The Labute approximate surface area is 77.7 Å². The third kappa shape index (κ3) is 2.40. The fourth-order valence-electron chi connectivity index (χ4n) is 1.01. The van der Waals surface area contributed by atoms with E-state index in [-0.39, 0.29) is 5.91 Å². The summed E-state index contributed by atoms with van der Waals surface area (Å²) in [5.74, 6) is -0.0932. The molecular formula is C10H12N2O. The fraction of sp³-hybridized carbons (Fsp3) is 0.200. The lowest BCUT2D eigenvalue weighted by molar-refractivity contribution is -0.116. The number of amides is 1. The molecule has 0 fully saturated rings. The van der Waals surface area contributed by atoms with Crippen molar-refractivity contribution in [2.45, 2.75) is 13.8 Å². The van der Waals surface area contributed by atoms with Crippen molar-refractivity contribution in [3.8, 4) is 0 Å². The molecule has 0 radical (unpaired) electrons. The first-order valence-corrected chi connectivity index (χ1v) is 4.10. The number of anilines is 1. The number of carbonyl (C=O) groups excluding carboxylic acids is 1. The summed E-state index contributed by atoms with van der Waals surface area (Å²) in [6.45, 7) is 3.26. The Balaban J connectivity index is 2.96. The zero-order chi connectivity index (χ0) is 9.68. The number of nitrogens with zero attached hydrogens (tertiary/aromatic N) is 2. The highest BCUT2D eigenvalue weighted by Crippen LogP contribution is 2.13. The van der Waals surface area contributed by atoms with E-state index in [9.17, 15) is 4.79 Å². The van der Waals surface area contributed by atoms with Crippen molar-refractivity contribution in [1.82, 2.24) is 0 Å². The lowest BCUT2D eigenvalue weighted by Gasteiger charge is -2.13. The Morgan fingerprint density at radius 1 is 1.38 bits per heavy atom. The Kier molecular flexibility index (Phi) is 3.20. The van der Waals surface area contributed by atoms with Crippen molar-refractivity contribution >= 4 is 17.8 Å². The molecule has 3 nitrogen and oxygen atoms in total. The van der Waals surface area contributed by atoms with Gasteiger partial charge in [-0.05, 0) is 19.1 Å². The number of rotatable bonds is 2. The van der Waals surface area contributed by atoms with E-state index in [2.05, 4.69) is 5.10 Å². The van der Waals surface area contributed by atoms with Crippen molar-refractivity contribution in [3.05, 3.63) is 30.3 Å². The van der Waals surface area contributed by atoms with E-state index >= 15 is 0 Å². The lowest BCUT2D eigenvalue weighted by Crippen LogP contribution is -2.21. The smallest absolute Gasteiger partial charge is 0.244 e. The molecule has 1 rings (SSSR count). The quantitative estimate of drug-likeness (QED) is 0.501. The van der Waals surface area contributed by atoms with Crippen molar-refractivity contribution in [2.75, 3.05) is 5.01 Å². The normalized spacial score (nSPS) is 10.3. The topological polar surface area (TPSA) is 32.7 Å². The zero-order valence-corrected chi connectivity index (χ0v) is 7.77. The predicted octanol–water partition coefficient (Wildman–Crippen LogP) is 2.05. The molecule has 68 valence electrons. The molecule has 0 aliphatic heterocycles. The van der Waals surface area contributed by atoms with Crippen LogP contribution in [0.1, 0.15) is 13.8 Å². The van der Waals surface area contributed by atoms with Crippen LogP contribution in [0.2, 0.25) is 0 Å². The van der Waals surface area contributed by atoms with Gasteiger partial charge in [0.2, 0.25) is 5.91 Å². The van der Waals surface area contributed by atoms with Gasteiger partial charge in [0.25, 0.3) is 0 Å². The molecule has 3 heteroatoms. The molecule has 0 aromatic heterocycles. The van der Waals surface area contributed by atoms with E-state index in [0.29, 0.717) is 0 Å². The van der Waals surface area contributed by atoms with Crippen LogP contribution >= 0.6 is 0 Å². The Morgan fingerprint density at radius 2 is 2.00 bits per heavy atom. The summed E-state index contributed by atoms with van der Waals surface area (Å²) >= 11 is 0. The maximum atomic E-state index is 11.1. The van der Waals surface area contributed by atoms with Crippen LogP contribution in [0.5, 0.6) is 0 Å². The van der Waals surface area contributed by atoms with Gasteiger partial charge < -0.3 is 0 Å². The number of benzene rings is 1. The van der Waals surface area contributed by atoms with Crippen LogP contribution in [0.4, 0.5) is 5.69 Å². The Hall–Kier alpha value is -1.64. The molecule has 0 atom stereocenters. The van der Waals surface area contributed by atoms with Crippen LogP contribution in [0.15, 0.2) is 35.4 Å². The summed E-state index contributed by atoms with van der Waals surface area (Å²) in [7, 11) is 0. The average Bonchev–Trinajstić information content (AvgIpc) is 2.15. The van der Waals surface area contributed by atoms with E-state index in [1.807, 2.05) is 30.3 Å². The van der Waals surface area contributed by atoms with Gasteiger partial charge in [-0.3, -0.25) is 4.79 Å². The average molecular weight is 176 g/mol. The van der Waals surface area contributed by atoms with Crippen LogP contribution < -0.4 is 5.01 Å².